The monoisotopic (exact) mass is 233 g/mol. The van der Waals surface area contributed by atoms with Crippen LogP contribution in [0.3, 0.4) is 0 Å². The summed E-state index contributed by atoms with van der Waals surface area (Å²) < 4.78 is 0. The fourth-order valence-electron chi connectivity index (χ4n) is 2.88. The number of nitrogen functional groups attached to an aromatic ring is 1. The number of hydrogen-bond acceptors (Lipinski definition) is 3. The van der Waals surface area contributed by atoms with Crippen LogP contribution in [-0.2, 0) is 0 Å². The van der Waals surface area contributed by atoms with Crippen LogP contribution in [0.1, 0.15) is 32.8 Å². The quantitative estimate of drug-likeness (QED) is 0.811. The standard InChI is InChI=1S/C14H23N3/c1-9-5-10(2)12(4)17(8-9)14-11(3)6-13(15)7-16-14/h6-7,9-10,12H,5,8,15H2,1-4H3. The van der Waals surface area contributed by atoms with Crippen LogP contribution in [0.5, 0.6) is 0 Å². The van der Waals surface area contributed by atoms with E-state index in [1.807, 2.05) is 6.07 Å². The van der Waals surface area contributed by atoms with Gasteiger partial charge in [-0.15, -0.1) is 0 Å². The van der Waals surface area contributed by atoms with Crippen molar-refractivity contribution in [3.8, 4) is 0 Å². The van der Waals surface area contributed by atoms with E-state index in [0.29, 0.717) is 6.04 Å². The number of aryl methyl sites for hydroxylation is 1. The molecule has 3 heteroatoms. The number of piperidine rings is 1. The van der Waals surface area contributed by atoms with Gasteiger partial charge in [-0.1, -0.05) is 13.8 Å². The molecule has 2 N–H and O–H groups in total. The summed E-state index contributed by atoms with van der Waals surface area (Å²) in [5.74, 6) is 2.56. The Morgan fingerprint density at radius 2 is 2.06 bits per heavy atom. The highest BCUT2D eigenvalue weighted by Crippen LogP contribution is 2.32. The van der Waals surface area contributed by atoms with E-state index in [0.717, 1.165) is 29.9 Å². The normalized spacial score (nSPS) is 29.4. The molecular weight excluding hydrogens is 210 g/mol. The van der Waals surface area contributed by atoms with Crippen LogP contribution in [0.25, 0.3) is 0 Å². The van der Waals surface area contributed by atoms with Crippen molar-refractivity contribution in [3.05, 3.63) is 17.8 Å². The summed E-state index contributed by atoms with van der Waals surface area (Å²) in [6, 6.07) is 2.57. The molecule has 1 aromatic heterocycles. The highest BCUT2D eigenvalue weighted by Gasteiger charge is 2.30. The lowest BCUT2D eigenvalue weighted by molar-refractivity contribution is 0.295. The van der Waals surface area contributed by atoms with E-state index in [1.54, 1.807) is 6.20 Å². The van der Waals surface area contributed by atoms with E-state index in [9.17, 15) is 0 Å². The second kappa shape index (κ2) is 4.55. The molecule has 3 unspecified atom stereocenters. The molecule has 0 saturated carbocycles. The number of hydrogen-bond donors (Lipinski definition) is 1. The molecular formula is C14H23N3. The number of nitrogens with zero attached hydrogens (tertiary/aromatic N) is 2. The summed E-state index contributed by atoms with van der Waals surface area (Å²) in [4.78, 5) is 6.96. The van der Waals surface area contributed by atoms with E-state index in [-0.39, 0.29) is 0 Å². The number of aromatic nitrogens is 1. The van der Waals surface area contributed by atoms with Crippen LogP contribution in [0.4, 0.5) is 11.5 Å². The molecule has 0 spiro atoms. The molecule has 2 rings (SSSR count). The summed E-state index contributed by atoms with van der Waals surface area (Å²) >= 11 is 0. The molecule has 0 aromatic carbocycles. The van der Waals surface area contributed by atoms with Crippen LogP contribution in [-0.4, -0.2) is 17.6 Å². The molecule has 1 aliphatic rings. The van der Waals surface area contributed by atoms with Crippen molar-refractivity contribution in [2.45, 2.75) is 40.2 Å². The molecule has 0 bridgehead atoms. The molecule has 3 atom stereocenters. The molecule has 94 valence electrons. The molecule has 1 saturated heterocycles. The lowest BCUT2D eigenvalue weighted by atomic mass is 9.86. The topological polar surface area (TPSA) is 42.1 Å². The van der Waals surface area contributed by atoms with Gasteiger partial charge in [-0.25, -0.2) is 4.98 Å². The van der Waals surface area contributed by atoms with Gasteiger partial charge in [0, 0.05) is 12.6 Å². The Hall–Kier alpha value is -1.25. The summed E-state index contributed by atoms with van der Waals surface area (Å²) in [5, 5.41) is 0. The van der Waals surface area contributed by atoms with Crippen LogP contribution in [0.15, 0.2) is 12.3 Å². The maximum absolute atomic E-state index is 5.77. The zero-order chi connectivity index (χ0) is 12.6. The predicted octanol–water partition coefficient (Wildman–Crippen LogP) is 2.84. The van der Waals surface area contributed by atoms with E-state index >= 15 is 0 Å². The van der Waals surface area contributed by atoms with E-state index in [1.165, 1.54) is 12.0 Å². The molecule has 3 nitrogen and oxygen atoms in total. The highest BCUT2D eigenvalue weighted by molar-refractivity contribution is 5.53. The van der Waals surface area contributed by atoms with Crippen molar-refractivity contribution < 1.29 is 0 Å². The summed E-state index contributed by atoms with van der Waals surface area (Å²) in [7, 11) is 0. The van der Waals surface area contributed by atoms with Gasteiger partial charge in [-0.3, -0.25) is 0 Å². The molecule has 1 aliphatic heterocycles. The van der Waals surface area contributed by atoms with Crippen LogP contribution in [0.2, 0.25) is 0 Å². The fraction of sp³-hybridized carbons (Fsp3) is 0.643. The fourth-order valence-corrected chi connectivity index (χ4v) is 2.88. The zero-order valence-electron chi connectivity index (χ0n) is 11.3. The van der Waals surface area contributed by atoms with E-state index in [2.05, 4.69) is 37.6 Å². The number of anilines is 2. The maximum Gasteiger partial charge on any atom is 0.131 e. The zero-order valence-corrected chi connectivity index (χ0v) is 11.3. The van der Waals surface area contributed by atoms with Crippen LogP contribution >= 0.6 is 0 Å². The third-order valence-electron chi connectivity index (χ3n) is 3.94. The summed E-state index contributed by atoms with van der Waals surface area (Å²) in [6.07, 6.45) is 3.07. The molecule has 0 amide bonds. The Balaban J connectivity index is 2.31. The number of rotatable bonds is 1. The summed E-state index contributed by atoms with van der Waals surface area (Å²) in [6.45, 7) is 10.1. The minimum absolute atomic E-state index is 0.557. The lowest BCUT2D eigenvalue weighted by Crippen LogP contribution is -2.46. The first-order chi connectivity index (χ1) is 7.99. The van der Waals surface area contributed by atoms with Gasteiger partial charge < -0.3 is 10.6 Å². The van der Waals surface area contributed by atoms with Gasteiger partial charge in [-0.05, 0) is 43.7 Å². The maximum atomic E-state index is 5.77. The van der Waals surface area contributed by atoms with Gasteiger partial charge >= 0.3 is 0 Å². The van der Waals surface area contributed by atoms with E-state index in [4.69, 9.17) is 5.73 Å². The molecule has 1 aromatic rings. The molecule has 0 aliphatic carbocycles. The third-order valence-corrected chi connectivity index (χ3v) is 3.94. The van der Waals surface area contributed by atoms with Crippen molar-refractivity contribution in [2.24, 2.45) is 11.8 Å². The Bertz CT molecular complexity index is 402. The van der Waals surface area contributed by atoms with Crippen molar-refractivity contribution in [2.75, 3.05) is 17.2 Å². The first kappa shape index (κ1) is 12.2. The highest BCUT2D eigenvalue weighted by atomic mass is 15.2. The van der Waals surface area contributed by atoms with Gasteiger partial charge in [0.15, 0.2) is 0 Å². The van der Waals surface area contributed by atoms with Crippen molar-refractivity contribution in [3.63, 3.8) is 0 Å². The largest absolute Gasteiger partial charge is 0.397 e. The minimum Gasteiger partial charge on any atom is -0.397 e. The Morgan fingerprint density at radius 3 is 2.71 bits per heavy atom. The van der Waals surface area contributed by atoms with Gasteiger partial charge in [0.25, 0.3) is 0 Å². The van der Waals surface area contributed by atoms with Crippen LogP contribution < -0.4 is 10.6 Å². The van der Waals surface area contributed by atoms with Gasteiger partial charge in [0.2, 0.25) is 0 Å². The van der Waals surface area contributed by atoms with E-state index < -0.39 is 0 Å². The minimum atomic E-state index is 0.557. The second-order valence-electron chi connectivity index (χ2n) is 5.62. The summed E-state index contributed by atoms with van der Waals surface area (Å²) in [5.41, 5.74) is 7.69. The smallest absolute Gasteiger partial charge is 0.131 e. The van der Waals surface area contributed by atoms with Gasteiger partial charge in [0.1, 0.15) is 5.82 Å². The Morgan fingerprint density at radius 1 is 1.35 bits per heavy atom. The average molecular weight is 233 g/mol. The van der Waals surface area contributed by atoms with Crippen molar-refractivity contribution in [1.29, 1.82) is 0 Å². The molecule has 1 fully saturated rings. The van der Waals surface area contributed by atoms with Crippen molar-refractivity contribution in [1.82, 2.24) is 4.98 Å². The first-order valence-corrected chi connectivity index (χ1v) is 6.47. The van der Waals surface area contributed by atoms with Crippen molar-refractivity contribution >= 4 is 11.5 Å². The molecule has 0 radical (unpaired) electrons. The number of nitrogens with two attached hydrogens (primary N) is 1. The second-order valence-corrected chi connectivity index (χ2v) is 5.62. The number of pyridine rings is 1. The average Bonchev–Trinajstić information content (AvgIpc) is 2.24. The predicted molar refractivity (Wildman–Crippen MR) is 73.1 cm³/mol. The Kier molecular flexibility index (Phi) is 3.27. The van der Waals surface area contributed by atoms with Gasteiger partial charge in [0.05, 0.1) is 11.9 Å². The molecule has 17 heavy (non-hydrogen) atoms. The molecule has 2 heterocycles. The third kappa shape index (κ3) is 2.38. The van der Waals surface area contributed by atoms with Gasteiger partial charge in [-0.2, -0.15) is 0 Å². The SMILES string of the molecule is Cc1cc(N)cnc1N1CC(C)CC(C)C1C. The van der Waals surface area contributed by atoms with Crippen LogP contribution in [0, 0.1) is 18.8 Å². The first-order valence-electron chi connectivity index (χ1n) is 6.47. The lowest BCUT2D eigenvalue weighted by Gasteiger charge is -2.42. The Labute approximate surface area is 104 Å².